The van der Waals surface area contributed by atoms with Crippen molar-refractivity contribution in [1.82, 2.24) is 15.1 Å². The molecule has 1 aromatic heterocycles. The molecule has 0 saturated carbocycles. The van der Waals surface area contributed by atoms with Crippen molar-refractivity contribution in [2.45, 2.75) is 33.1 Å². The van der Waals surface area contributed by atoms with Crippen LogP contribution in [0.25, 0.3) is 5.69 Å². The minimum absolute atomic E-state index is 0.468. The summed E-state index contributed by atoms with van der Waals surface area (Å²) in [5.74, 6) is 0.661. The van der Waals surface area contributed by atoms with Gasteiger partial charge in [-0.2, -0.15) is 5.10 Å². The van der Waals surface area contributed by atoms with E-state index in [1.807, 2.05) is 36.4 Å². The molecule has 0 fully saturated rings. The maximum atomic E-state index is 5.91. The number of hydrogen-bond donors (Lipinski definition) is 1. The molecule has 24 heavy (non-hydrogen) atoms. The molecule has 0 aliphatic carbocycles. The molecule has 0 aliphatic rings. The number of rotatable bonds is 7. The Bertz CT molecular complexity index is 712. The maximum Gasteiger partial charge on any atom is 0.217 e. The van der Waals surface area contributed by atoms with Crippen molar-refractivity contribution in [1.29, 1.82) is 0 Å². The highest BCUT2D eigenvalue weighted by molar-refractivity contribution is 7.80. The summed E-state index contributed by atoms with van der Waals surface area (Å²) in [4.78, 5) is 4.38. The first-order valence-electron chi connectivity index (χ1n) is 8.34. The minimum atomic E-state index is 0.468. The molecule has 1 heterocycles. The van der Waals surface area contributed by atoms with Crippen molar-refractivity contribution in [3.8, 4) is 11.6 Å². The van der Waals surface area contributed by atoms with Gasteiger partial charge in [0.25, 0.3) is 0 Å². The fourth-order valence-electron chi connectivity index (χ4n) is 2.04. The summed E-state index contributed by atoms with van der Waals surface area (Å²) in [5, 5.41) is 8.71. The van der Waals surface area contributed by atoms with Gasteiger partial charge in [0.15, 0.2) is 5.11 Å². The van der Waals surface area contributed by atoms with Crippen LogP contribution < -0.4 is 15.4 Å². The molecule has 6 heteroatoms. The lowest BCUT2D eigenvalue weighted by Gasteiger charge is -2.13. The van der Waals surface area contributed by atoms with E-state index in [0.717, 1.165) is 31.5 Å². The van der Waals surface area contributed by atoms with Crippen molar-refractivity contribution >= 4 is 17.3 Å². The molecule has 0 amide bonds. The molecule has 0 unspecified atom stereocenters. The molecular weight excluding hydrogens is 320 g/mol. The van der Waals surface area contributed by atoms with Crippen LogP contribution in [0.3, 0.4) is 0 Å². The number of ether oxygens (including phenoxy) is 1. The lowest BCUT2D eigenvalue weighted by molar-refractivity contribution is 0.284. The summed E-state index contributed by atoms with van der Waals surface area (Å²) in [6.45, 7) is 5.68. The first kappa shape index (κ1) is 18.1. The van der Waals surface area contributed by atoms with Gasteiger partial charge in [-0.25, -0.2) is 9.67 Å². The summed E-state index contributed by atoms with van der Waals surface area (Å²) in [5.41, 5.74) is 0.947. The van der Waals surface area contributed by atoms with Gasteiger partial charge in [0.05, 0.1) is 23.8 Å². The lowest BCUT2D eigenvalue weighted by atomic mass is 10.3. The summed E-state index contributed by atoms with van der Waals surface area (Å²) in [6.07, 6.45) is 4.77. The molecule has 2 aromatic rings. The Labute approximate surface area is 148 Å². The Balaban J connectivity index is 2.31. The minimum Gasteiger partial charge on any atom is -0.478 e. The fraction of sp³-hybridized carbons (Fsp3) is 0.389. The standard InChI is InChI=1S/C18H24N4OS/c1-3-5-12-23-17-13-15(21-18(24)19-11-4-2)14-20-22(17)16-9-7-6-8-10-16/h6-10,13-14H,3-5,11-12H2,1-2H3,(H,19,24)/b21-15+. The molecule has 0 bridgehead atoms. The van der Waals surface area contributed by atoms with Gasteiger partial charge in [0, 0.05) is 12.6 Å². The first-order chi connectivity index (χ1) is 11.7. The van der Waals surface area contributed by atoms with Gasteiger partial charge >= 0.3 is 0 Å². The molecule has 0 spiro atoms. The largest absolute Gasteiger partial charge is 0.478 e. The zero-order valence-electron chi connectivity index (χ0n) is 14.2. The Hall–Kier alpha value is -2.21. The lowest BCUT2D eigenvalue weighted by Crippen LogP contribution is -2.23. The highest BCUT2D eigenvalue weighted by atomic mass is 32.1. The Morgan fingerprint density at radius 1 is 1.25 bits per heavy atom. The predicted molar refractivity (Wildman–Crippen MR) is 100 cm³/mol. The van der Waals surface area contributed by atoms with E-state index in [0.29, 0.717) is 23.0 Å². The van der Waals surface area contributed by atoms with Gasteiger partial charge in [0.1, 0.15) is 0 Å². The number of benzene rings is 1. The van der Waals surface area contributed by atoms with E-state index >= 15 is 0 Å². The van der Waals surface area contributed by atoms with Crippen LogP contribution in [0.4, 0.5) is 0 Å². The van der Waals surface area contributed by atoms with Gasteiger partial charge in [-0.3, -0.25) is 0 Å². The van der Waals surface area contributed by atoms with E-state index in [2.05, 4.69) is 29.3 Å². The van der Waals surface area contributed by atoms with Gasteiger partial charge in [-0.05, 0) is 37.2 Å². The number of para-hydroxylation sites is 1. The molecule has 5 nitrogen and oxygen atoms in total. The summed E-state index contributed by atoms with van der Waals surface area (Å²) >= 11 is 5.22. The van der Waals surface area contributed by atoms with Crippen LogP contribution in [-0.4, -0.2) is 28.0 Å². The van der Waals surface area contributed by atoms with Crippen LogP contribution in [-0.2, 0) is 0 Å². The van der Waals surface area contributed by atoms with Crippen LogP contribution in [0.1, 0.15) is 33.1 Å². The van der Waals surface area contributed by atoms with Crippen LogP contribution >= 0.6 is 12.2 Å². The third-order valence-electron chi connectivity index (χ3n) is 3.29. The monoisotopic (exact) mass is 344 g/mol. The SMILES string of the molecule is CCCCOc1c/c(=N\C(=S)NCCC)cnn1-c1ccccc1. The second kappa shape index (κ2) is 9.82. The van der Waals surface area contributed by atoms with E-state index < -0.39 is 0 Å². The molecule has 0 aliphatic heterocycles. The van der Waals surface area contributed by atoms with Crippen LogP contribution in [0.15, 0.2) is 47.6 Å². The number of hydrogen-bond acceptors (Lipinski definition) is 3. The molecule has 2 rings (SSSR count). The topological polar surface area (TPSA) is 51.4 Å². The van der Waals surface area contributed by atoms with Crippen LogP contribution in [0.2, 0.25) is 0 Å². The average Bonchev–Trinajstić information content (AvgIpc) is 2.61. The molecule has 1 aromatic carbocycles. The zero-order valence-corrected chi connectivity index (χ0v) is 15.1. The van der Waals surface area contributed by atoms with Gasteiger partial charge in [0.2, 0.25) is 5.88 Å². The van der Waals surface area contributed by atoms with E-state index in [-0.39, 0.29) is 0 Å². The van der Waals surface area contributed by atoms with E-state index in [9.17, 15) is 0 Å². The zero-order chi connectivity index (χ0) is 17.2. The maximum absolute atomic E-state index is 5.91. The highest BCUT2D eigenvalue weighted by Gasteiger charge is 2.05. The third kappa shape index (κ3) is 5.45. The van der Waals surface area contributed by atoms with Crippen molar-refractivity contribution in [2.24, 2.45) is 4.99 Å². The first-order valence-corrected chi connectivity index (χ1v) is 8.75. The summed E-state index contributed by atoms with van der Waals surface area (Å²) in [7, 11) is 0. The van der Waals surface area contributed by atoms with Gasteiger partial charge in [-0.1, -0.05) is 38.5 Å². The Morgan fingerprint density at radius 3 is 2.75 bits per heavy atom. The smallest absolute Gasteiger partial charge is 0.217 e. The van der Waals surface area contributed by atoms with E-state index in [1.54, 1.807) is 10.9 Å². The van der Waals surface area contributed by atoms with Crippen LogP contribution in [0, 0.1) is 0 Å². The molecule has 1 N–H and O–H groups in total. The normalized spacial score (nSPS) is 11.3. The van der Waals surface area contributed by atoms with Crippen molar-refractivity contribution in [3.05, 3.63) is 48.0 Å². The Kier molecular flexibility index (Phi) is 7.42. The van der Waals surface area contributed by atoms with E-state index in [1.165, 1.54) is 0 Å². The van der Waals surface area contributed by atoms with E-state index in [4.69, 9.17) is 17.0 Å². The third-order valence-corrected chi connectivity index (χ3v) is 3.53. The quantitative estimate of drug-likeness (QED) is 0.619. The van der Waals surface area contributed by atoms with Gasteiger partial charge in [-0.15, -0.1) is 0 Å². The number of nitrogens with zero attached hydrogens (tertiary/aromatic N) is 3. The number of nitrogens with one attached hydrogen (secondary N) is 1. The molecule has 0 saturated heterocycles. The highest BCUT2D eigenvalue weighted by Crippen LogP contribution is 2.14. The molecular formula is C18H24N4OS. The molecule has 0 atom stereocenters. The molecule has 128 valence electrons. The molecule has 0 radical (unpaired) electrons. The predicted octanol–water partition coefficient (Wildman–Crippen LogP) is 3.24. The Morgan fingerprint density at radius 2 is 2.04 bits per heavy atom. The van der Waals surface area contributed by atoms with Crippen LogP contribution in [0.5, 0.6) is 5.88 Å². The number of aromatic nitrogens is 2. The van der Waals surface area contributed by atoms with Crippen molar-refractivity contribution < 1.29 is 4.74 Å². The summed E-state index contributed by atoms with van der Waals surface area (Å²) < 4.78 is 7.69. The summed E-state index contributed by atoms with van der Waals surface area (Å²) in [6, 6.07) is 11.8. The number of unbranched alkanes of at least 4 members (excludes halogenated alkanes) is 1. The van der Waals surface area contributed by atoms with Gasteiger partial charge < -0.3 is 10.1 Å². The van der Waals surface area contributed by atoms with Crippen molar-refractivity contribution in [2.75, 3.05) is 13.2 Å². The van der Waals surface area contributed by atoms with Crippen molar-refractivity contribution in [3.63, 3.8) is 0 Å². The second-order valence-electron chi connectivity index (χ2n) is 5.35. The fourth-order valence-corrected chi connectivity index (χ4v) is 2.24. The average molecular weight is 344 g/mol. The number of thiocarbonyl (C=S) groups is 1. The second-order valence-corrected chi connectivity index (χ2v) is 5.73.